The maximum Gasteiger partial charge on any atom is 0.472 e. The van der Waals surface area contributed by atoms with Gasteiger partial charge in [-0.15, -0.1) is 0 Å². The van der Waals surface area contributed by atoms with Crippen LogP contribution in [0.15, 0.2) is 60.8 Å². The van der Waals surface area contributed by atoms with Crippen molar-refractivity contribution in [1.82, 2.24) is 0 Å². The number of nitrogens with zero attached hydrogens (tertiary/aromatic N) is 1. The summed E-state index contributed by atoms with van der Waals surface area (Å²) >= 11 is 0. The van der Waals surface area contributed by atoms with Crippen LogP contribution in [-0.2, 0) is 32.7 Å². The van der Waals surface area contributed by atoms with Crippen molar-refractivity contribution in [2.75, 3.05) is 47.5 Å². The number of likely N-dealkylation sites (N-methyl/N-ethyl adjacent to an activating group) is 1. The number of hydrogen-bond donors (Lipinski definition) is 1. The maximum atomic E-state index is 12.8. The fraction of sp³-hybridized carbons (Fsp3) is 0.821. The van der Waals surface area contributed by atoms with Gasteiger partial charge in [-0.25, -0.2) is 4.57 Å². The van der Waals surface area contributed by atoms with Crippen molar-refractivity contribution < 1.29 is 42.1 Å². The van der Waals surface area contributed by atoms with Crippen molar-refractivity contribution in [2.45, 2.75) is 309 Å². The van der Waals surface area contributed by atoms with E-state index in [1.54, 1.807) is 0 Å². The van der Waals surface area contributed by atoms with Gasteiger partial charge in [-0.2, -0.15) is 0 Å². The molecule has 1 N–H and O–H groups in total. The van der Waals surface area contributed by atoms with Gasteiger partial charge in [0, 0.05) is 12.8 Å². The Morgan fingerprint density at radius 3 is 1.09 bits per heavy atom. The highest BCUT2D eigenvalue weighted by molar-refractivity contribution is 7.47. The fourth-order valence-corrected chi connectivity index (χ4v) is 10.1. The van der Waals surface area contributed by atoms with Crippen LogP contribution in [0, 0.1) is 0 Å². The standard InChI is InChI=1S/C67H124NO8P/c1-6-8-10-12-14-16-18-20-22-24-25-26-27-28-29-30-31-32-33-34-35-36-37-38-39-40-41-42-44-45-47-49-51-53-55-57-59-66(69)73-63-65(64-75-77(71,72)74-62-61-68(3,4)5)76-67(70)60-58-56-54-52-50-48-46-43-23-21-19-17-15-13-11-9-7-2/h9,11,15,17,21,23,46,48,52,54,65H,6-8,10,12-14,16,18-20,22,24-45,47,49-51,53,55-64H2,1-5H3/p+1/b11-9-,17-15-,23-21-,48-46-,54-52-. The van der Waals surface area contributed by atoms with Crippen molar-refractivity contribution in [2.24, 2.45) is 0 Å². The molecule has 0 spiro atoms. The zero-order chi connectivity index (χ0) is 56.3. The highest BCUT2D eigenvalue weighted by atomic mass is 31.2. The van der Waals surface area contributed by atoms with Crippen molar-refractivity contribution in [1.29, 1.82) is 0 Å². The van der Waals surface area contributed by atoms with E-state index >= 15 is 0 Å². The molecule has 0 heterocycles. The predicted molar refractivity (Wildman–Crippen MR) is 330 cm³/mol. The van der Waals surface area contributed by atoms with Gasteiger partial charge in [0.1, 0.15) is 19.8 Å². The molecular weight excluding hydrogens is 978 g/mol. The van der Waals surface area contributed by atoms with Crippen LogP contribution in [0.25, 0.3) is 0 Å². The van der Waals surface area contributed by atoms with Crippen LogP contribution in [0.5, 0.6) is 0 Å². The molecule has 450 valence electrons. The van der Waals surface area contributed by atoms with E-state index in [9.17, 15) is 19.0 Å². The first-order valence-electron chi connectivity index (χ1n) is 32.5. The minimum Gasteiger partial charge on any atom is -0.462 e. The lowest BCUT2D eigenvalue weighted by Crippen LogP contribution is -2.37. The number of carbonyl (C=O) groups is 2. The van der Waals surface area contributed by atoms with E-state index in [4.69, 9.17) is 18.5 Å². The minimum absolute atomic E-state index is 0.0201. The molecule has 2 unspecified atom stereocenters. The number of quaternary nitrogens is 1. The average molecular weight is 1100 g/mol. The molecule has 0 aliphatic rings. The van der Waals surface area contributed by atoms with Crippen LogP contribution in [0.1, 0.15) is 303 Å². The SMILES string of the molecule is CC/C=C\C/C=C\C/C=C\C/C=C\C/C=C\CCCC(=O)OC(COC(=O)CCCCCCCCCCCCCCCCCCCCCCCCCCCCCCCCCCCCCC)COP(=O)(O)OCC[N+](C)(C)C. The highest BCUT2D eigenvalue weighted by Gasteiger charge is 2.27. The molecule has 0 aliphatic heterocycles. The molecule has 0 aromatic rings. The molecule has 0 saturated carbocycles. The molecule has 77 heavy (non-hydrogen) atoms. The predicted octanol–water partition coefficient (Wildman–Crippen LogP) is 20.7. The lowest BCUT2D eigenvalue weighted by molar-refractivity contribution is -0.870. The van der Waals surface area contributed by atoms with Crippen molar-refractivity contribution in [3.8, 4) is 0 Å². The van der Waals surface area contributed by atoms with Gasteiger partial charge in [0.2, 0.25) is 0 Å². The second-order valence-electron chi connectivity index (χ2n) is 23.1. The molecule has 0 aromatic heterocycles. The molecule has 0 rings (SSSR count). The van der Waals surface area contributed by atoms with Crippen molar-refractivity contribution in [3.63, 3.8) is 0 Å². The summed E-state index contributed by atoms with van der Waals surface area (Å²) in [7, 11) is 1.45. The van der Waals surface area contributed by atoms with Crippen LogP contribution < -0.4 is 0 Å². The van der Waals surface area contributed by atoms with Crippen LogP contribution in [0.4, 0.5) is 0 Å². The van der Waals surface area contributed by atoms with E-state index < -0.39 is 26.5 Å². The smallest absolute Gasteiger partial charge is 0.462 e. The summed E-state index contributed by atoms with van der Waals surface area (Å²) in [6, 6.07) is 0. The number of esters is 2. The number of unbranched alkanes of at least 4 members (excludes halogenated alkanes) is 36. The summed E-state index contributed by atoms with van der Waals surface area (Å²) in [4.78, 5) is 35.7. The van der Waals surface area contributed by atoms with Gasteiger partial charge >= 0.3 is 19.8 Å². The summed E-state index contributed by atoms with van der Waals surface area (Å²) < 4.78 is 34.5. The molecule has 0 bridgehead atoms. The van der Waals surface area contributed by atoms with Crippen LogP contribution in [0.3, 0.4) is 0 Å². The summed E-state index contributed by atoms with van der Waals surface area (Å²) in [5, 5.41) is 0. The van der Waals surface area contributed by atoms with E-state index in [0.29, 0.717) is 23.9 Å². The topological polar surface area (TPSA) is 108 Å². The number of rotatable bonds is 60. The third kappa shape index (κ3) is 62.8. The Hall–Kier alpha value is -2.29. The Morgan fingerprint density at radius 1 is 0.416 bits per heavy atom. The Balaban J connectivity index is 3.96. The number of phosphoric acid groups is 1. The molecule has 0 aliphatic carbocycles. The number of phosphoric ester groups is 1. The fourth-order valence-electron chi connectivity index (χ4n) is 9.35. The molecule has 2 atom stereocenters. The quantitative estimate of drug-likeness (QED) is 0.0211. The minimum atomic E-state index is -4.40. The number of carbonyl (C=O) groups excluding carboxylic acids is 2. The Bertz CT molecular complexity index is 1480. The van der Waals surface area contributed by atoms with Gasteiger partial charge in [0.25, 0.3) is 0 Å². The first kappa shape index (κ1) is 74.7. The lowest BCUT2D eigenvalue weighted by Gasteiger charge is -2.24. The molecule has 9 nitrogen and oxygen atoms in total. The van der Waals surface area contributed by atoms with E-state index in [1.807, 2.05) is 21.1 Å². The first-order valence-corrected chi connectivity index (χ1v) is 34.0. The zero-order valence-electron chi connectivity index (χ0n) is 51.2. The third-order valence-electron chi connectivity index (χ3n) is 14.3. The van der Waals surface area contributed by atoms with E-state index in [1.165, 1.54) is 212 Å². The monoisotopic (exact) mass is 1100 g/mol. The average Bonchev–Trinajstić information content (AvgIpc) is 3.39. The molecule has 0 aromatic carbocycles. The maximum absolute atomic E-state index is 12.8. The van der Waals surface area contributed by atoms with E-state index in [-0.39, 0.29) is 32.0 Å². The normalized spacial score (nSPS) is 13.6. The molecule has 10 heteroatoms. The zero-order valence-corrected chi connectivity index (χ0v) is 52.1. The highest BCUT2D eigenvalue weighted by Crippen LogP contribution is 2.43. The summed E-state index contributed by atoms with van der Waals surface area (Å²) in [5.41, 5.74) is 0. The van der Waals surface area contributed by atoms with Crippen molar-refractivity contribution >= 4 is 19.8 Å². The molecule has 0 fully saturated rings. The van der Waals surface area contributed by atoms with Crippen LogP contribution in [-0.4, -0.2) is 74.9 Å². The molecule has 0 radical (unpaired) electrons. The number of ether oxygens (including phenoxy) is 2. The van der Waals surface area contributed by atoms with Gasteiger partial charge in [-0.3, -0.25) is 18.6 Å². The van der Waals surface area contributed by atoms with Gasteiger partial charge in [-0.1, -0.05) is 299 Å². The number of allylic oxidation sites excluding steroid dienone is 10. The Morgan fingerprint density at radius 2 is 0.740 bits per heavy atom. The Labute approximate surface area is 476 Å². The molecule has 0 saturated heterocycles. The van der Waals surface area contributed by atoms with Gasteiger partial charge in [-0.05, 0) is 51.4 Å². The summed E-state index contributed by atoms with van der Waals surface area (Å²) in [6.45, 7) is 4.29. The first-order chi connectivity index (χ1) is 37.5. The second kappa shape index (κ2) is 58.4. The van der Waals surface area contributed by atoms with Crippen LogP contribution in [0.2, 0.25) is 0 Å². The van der Waals surface area contributed by atoms with E-state index in [0.717, 1.165) is 51.4 Å². The van der Waals surface area contributed by atoms with E-state index in [2.05, 4.69) is 74.6 Å². The molecular formula is C67H125NO8P+. The molecule has 0 amide bonds. The summed E-state index contributed by atoms with van der Waals surface area (Å²) in [6.07, 6.45) is 76.4. The lowest BCUT2D eigenvalue weighted by atomic mass is 10.0. The van der Waals surface area contributed by atoms with Gasteiger partial charge < -0.3 is 18.9 Å². The summed E-state index contributed by atoms with van der Waals surface area (Å²) in [5.74, 6) is -0.857. The van der Waals surface area contributed by atoms with Gasteiger partial charge in [0.15, 0.2) is 6.10 Å². The second-order valence-corrected chi connectivity index (χ2v) is 24.6. The van der Waals surface area contributed by atoms with Crippen molar-refractivity contribution in [3.05, 3.63) is 60.8 Å². The van der Waals surface area contributed by atoms with Gasteiger partial charge in [0.05, 0.1) is 27.7 Å². The number of hydrogen-bond acceptors (Lipinski definition) is 7. The largest absolute Gasteiger partial charge is 0.472 e. The van der Waals surface area contributed by atoms with Crippen LogP contribution >= 0.6 is 7.82 Å². The Kier molecular flexibility index (Phi) is 56.6. The third-order valence-corrected chi connectivity index (χ3v) is 15.3.